The number of amides is 1. The first-order chi connectivity index (χ1) is 12.2. The van der Waals surface area contributed by atoms with Crippen molar-refractivity contribution in [2.45, 2.75) is 18.9 Å². The molecule has 126 valence electrons. The minimum absolute atomic E-state index is 0.0717. The monoisotopic (exact) mass is 332 g/mol. The highest BCUT2D eigenvalue weighted by Gasteiger charge is 2.37. The topological polar surface area (TPSA) is 66.9 Å². The van der Waals surface area contributed by atoms with Crippen LogP contribution in [0.15, 0.2) is 54.9 Å². The maximum Gasteiger partial charge on any atom is 0.252 e. The Bertz CT molecular complexity index is 917. The Morgan fingerprint density at radius 3 is 2.52 bits per heavy atom. The summed E-state index contributed by atoms with van der Waals surface area (Å²) in [4.78, 5) is 21.7. The van der Waals surface area contributed by atoms with Gasteiger partial charge < -0.3 is 10.6 Å². The van der Waals surface area contributed by atoms with E-state index in [4.69, 9.17) is 0 Å². The normalized spacial score (nSPS) is 19.9. The Morgan fingerprint density at radius 2 is 1.84 bits per heavy atom. The number of rotatable bonds is 3. The van der Waals surface area contributed by atoms with Crippen molar-refractivity contribution in [3.8, 4) is 0 Å². The molecule has 25 heavy (non-hydrogen) atoms. The number of nitrogens with one attached hydrogen (secondary N) is 2. The van der Waals surface area contributed by atoms with Gasteiger partial charge in [-0.15, -0.1) is 0 Å². The lowest BCUT2D eigenvalue weighted by molar-refractivity contribution is 0.0904. The predicted octanol–water partition coefficient (Wildman–Crippen LogP) is 2.56. The molecule has 0 saturated carbocycles. The van der Waals surface area contributed by atoms with E-state index < -0.39 is 0 Å². The van der Waals surface area contributed by atoms with Crippen molar-refractivity contribution in [3.63, 3.8) is 0 Å². The number of benzene rings is 2. The summed E-state index contributed by atoms with van der Waals surface area (Å²) < 4.78 is 0. The highest BCUT2D eigenvalue weighted by Crippen LogP contribution is 2.29. The van der Waals surface area contributed by atoms with Crippen LogP contribution in [0, 0.1) is 6.92 Å². The first-order valence-corrected chi connectivity index (χ1v) is 8.48. The van der Waals surface area contributed by atoms with Crippen LogP contribution >= 0.6 is 0 Å². The Labute approximate surface area is 146 Å². The molecule has 0 bridgehead atoms. The zero-order valence-electron chi connectivity index (χ0n) is 14.1. The van der Waals surface area contributed by atoms with Gasteiger partial charge in [0, 0.05) is 24.5 Å². The summed E-state index contributed by atoms with van der Waals surface area (Å²) in [5, 5.41) is 6.66. The molecule has 1 unspecified atom stereocenters. The number of fused-ring (bicyclic) bond motifs is 1. The van der Waals surface area contributed by atoms with Gasteiger partial charge in [0.25, 0.3) is 5.91 Å². The number of carbonyl (C=O) groups excluding carboxylic acids is 1. The van der Waals surface area contributed by atoms with Crippen LogP contribution in [0.5, 0.6) is 0 Å². The van der Waals surface area contributed by atoms with Crippen LogP contribution in [0.3, 0.4) is 0 Å². The average Bonchev–Trinajstić information content (AvgIpc) is 3.11. The lowest BCUT2D eigenvalue weighted by atomic mass is 9.88. The molecule has 1 fully saturated rings. The molecule has 5 nitrogen and oxygen atoms in total. The fourth-order valence-corrected chi connectivity index (χ4v) is 3.52. The van der Waals surface area contributed by atoms with Gasteiger partial charge in [0.05, 0.1) is 16.6 Å². The highest BCUT2D eigenvalue weighted by molar-refractivity contribution is 5.99. The zero-order chi connectivity index (χ0) is 17.3. The third-order valence-electron chi connectivity index (χ3n) is 4.89. The molecular weight excluding hydrogens is 312 g/mol. The van der Waals surface area contributed by atoms with Gasteiger partial charge in [0.15, 0.2) is 0 Å². The Morgan fingerprint density at radius 1 is 1.12 bits per heavy atom. The third-order valence-corrected chi connectivity index (χ3v) is 4.89. The van der Waals surface area contributed by atoms with Crippen molar-refractivity contribution in [3.05, 3.63) is 71.5 Å². The standard InChI is InChI=1S/C20H20N4O/c1-14-11-17-18(23-10-9-22-17)12-16(14)19(25)24-20(7-8-21-13-20)15-5-3-2-4-6-15/h2-6,9-12,21H,7-8,13H2,1H3,(H,24,25). The van der Waals surface area contributed by atoms with Gasteiger partial charge in [-0.25, -0.2) is 0 Å². The molecule has 1 atom stereocenters. The Hall–Kier alpha value is -2.79. The van der Waals surface area contributed by atoms with E-state index in [1.54, 1.807) is 12.4 Å². The van der Waals surface area contributed by atoms with Crippen molar-refractivity contribution < 1.29 is 4.79 Å². The Kier molecular flexibility index (Phi) is 3.93. The van der Waals surface area contributed by atoms with E-state index in [-0.39, 0.29) is 11.4 Å². The van der Waals surface area contributed by atoms with Crippen LogP contribution in [0.4, 0.5) is 0 Å². The van der Waals surface area contributed by atoms with E-state index in [9.17, 15) is 4.79 Å². The second-order valence-electron chi connectivity index (χ2n) is 6.54. The number of aryl methyl sites for hydroxylation is 1. The minimum atomic E-state index is -0.373. The highest BCUT2D eigenvalue weighted by atomic mass is 16.1. The first-order valence-electron chi connectivity index (χ1n) is 8.48. The quantitative estimate of drug-likeness (QED) is 0.773. The summed E-state index contributed by atoms with van der Waals surface area (Å²) in [5.74, 6) is -0.0717. The molecule has 1 amide bonds. The summed E-state index contributed by atoms with van der Waals surface area (Å²) in [6.07, 6.45) is 4.18. The minimum Gasteiger partial charge on any atom is -0.341 e. The van der Waals surface area contributed by atoms with Crippen LogP contribution < -0.4 is 10.6 Å². The van der Waals surface area contributed by atoms with E-state index >= 15 is 0 Å². The van der Waals surface area contributed by atoms with Crippen molar-refractivity contribution in [1.82, 2.24) is 20.6 Å². The van der Waals surface area contributed by atoms with E-state index in [1.165, 1.54) is 0 Å². The molecule has 1 saturated heterocycles. The van der Waals surface area contributed by atoms with E-state index in [0.29, 0.717) is 5.56 Å². The molecule has 0 spiro atoms. The number of hydrogen-bond donors (Lipinski definition) is 2. The summed E-state index contributed by atoms with van der Waals surface area (Å²) >= 11 is 0. The summed E-state index contributed by atoms with van der Waals surface area (Å²) in [7, 11) is 0. The van der Waals surface area contributed by atoms with Crippen LogP contribution in [-0.4, -0.2) is 29.0 Å². The summed E-state index contributed by atoms with van der Waals surface area (Å²) in [6, 6.07) is 13.9. The Balaban J connectivity index is 1.70. The fraction of sp³-hybridized carbons (Fsp3) is 0.250. The number of carbonyl (C=O) groups is 1. The van der Waals surface area contributed by atoms with Crippen LogP contribution in [-0.2, 0) is 5.54 Å². The SMILES string of the molecule is Cc1cc2nccnc2cc1C(=O)NC1(c2ccccc2)CCNC1. The van der Waals surface area contributed by atoms with Crippen molar-refractivity contribution >= 4 is 16.9 Å². The molecule has 0 aliphatic carbocycles. The molecule has 3 aromatic rings. The van der Waals surface area contributed by atoms with Gasteiger partial charge in [-0.3, -0.25) is 14.8 Å². The fourth-order valence-electron chi connectivity index (χ4n) is 3.52. The second-order valence-corrected chi connectivity index (χ2v) is 6.54. The maximum atomic E-state index is 13.1. The van der Waals surface area contributed by atoms with Crippen molar-refractivity contribution in [2.75, 3.05) is 13.1 Å². The van der Waals surface area contributed by atoms with Crippen LogP contribution in [0.2, 0.25) is 0 Å². The molecule has 2 N–H and O–H groups in total. The summed E-state index contributed by atoms with van der Waals surface area (Å²) in [6.45, 7) is 3.55. The lowest BCUT2D eigenvalue weighted by Gasteiger charge is -2.30. The number of hydrogen-bond acceptors (Lipinski definition) is 4. The van der Waals surface area contributed by atoms with Gasteiger partial charge in [-0.2, -0.15) is 0 Å². The largest absolute Gasteiger partial charge is 0.341 e. The maximum absolute atomic E-state index is 13.1. The third kappa shape index (κ3) is 2.87. The van der Waals surface area contributed by atoms with Crippen LogP contribution in [0.25, 0.3) is 11.0 Å². The summed E-state index contributed by atoms with van der Waals surface area (Å²) in [5.41, 5.74) is 3.84. The number of aromatic nitrogens is 2. The molecule has 2 heterocycles. The first kappa shape index (κ1) is 15.7. The van der Waals surface area contributed by atoms with Gasteiger partial charge in [0.1, 0.15) is 0 Å². The lowest BCUT2D eigenvalue weighted by Crippen LogP contribution is -2.47. The van der Waals surface area contributed by atoms with Crippen LogP contribution in [0.1, 0.15) is 27.9 Å². The van der Waals surface area contributed by atoms with Gasteiger partial charge >= 0.3 is 0 Å². The van der Waals surface area contributed by atoms with E-state index in [1.807, 2.05) is 37.3 Å². The van der Waals surface area contributed by atoms with E-state index in [2.05, 4.69) is 32.7 Å². The number of nitrogens with zero attached hydrogens (tertiary/aromatic N) is 2. The predicted molar refractivity (Wildman–Crippen MR) is 97.3 cm³/mol. The molecule has 4 rings (SSSR count). The van der Waals surface area contributed by atoms with Crippen molar-refractivity contribution in [1.29, 1.82) is 0 Å². The molecule has 5 heteroatoms. The van der Waals surface area contributed by atoms with Gasteiger partial charge in [-0.1, -0.05) is 30.3 Å². The molecule has 1 aromatic heterocycles. The zero-order valence-corrected chi connectivity index (χ0v) is 14.1. The second kappa shape index (κ2) is 6.26. The smallest absolute Gasteiger partial charge is 0.252 e. The molecule has 1 aliphatic heterocycles. The average molecular weight is 332 g/mol. The van der Waals surface area contributed by atoms with Crippen molar-refractivity contribution in [2.24, 2.45) is 0 Å². The van der Waals surface area contributed by atoms with E-state index in [0.717, 1.165) is 41.7 Å². The van der Waals surface area contributed by atoms with Gasteiger partial charge in [0.2, 0.25) is 0 Å². The molecule has 1 aliphatic rings. The molecule has 2 aromatic carbocycles. The molecule has 0 radical (unpaired) electrons. The van der Waals surface area contributed by atoms with Gasteiger partial charge in [-0.05, 0) is 43.1 Å². The molecular formula is C20H20N4O.